The Morgan fingerprint density at radius 3 is 2.85 bits per heavy atom. The van der Waals surface area contributed by atoms with Crippen molar-refractivity contribution in [3.63, 3.8) is 0 Å². The van der Waals surface area contributed by atoms with Crippen LogP contribution in [0.25, 0.3) is 11.3 Å². The summed E-state index contributed by atoms with van der Waals surface area (Å²) in [7, 11) is 0. The van der Waals surface area contributed by atoms with Gasteiger partial charge in [0.15, 0.2) is 0 Å². The van der Waals surface area contributed by atoms with Gasteiger partial charge in [-0.3, -0.25) is 14.7 Å². The van der Waals surface area contributed by atoms with E-state index in [0.29, 0.717) is 49.3 Å². The number of hydrogen-bond acceptors (Lipinski definition) is 7. The summed E-state index contributed by atoms with van der Waals surface area (Å²) in [5.41, 5.74) is 3.68. The van der Waals surface area contributed by atoms with Gasteiger partial charge >= 0.3 is 0 Å². The van der Waals surface area contributed by atoms with Crippen LogP contribution in [0.15, 0.2) is 27.4 Å². The van der Waals surface area contributed by atoms with Crippen LogP contribution < -0.4 is 0 Å². The minimum absolute atomic E-state index is 0.00351. The lowest BCUT2D eigenvalue weighted by Crippen LogP contribution is -2.40. The number of rotatable bonds is 7. The molecule has 9 nitrogen and oxygen atoms in total. The van der Waals surface area contributed by atoms with Crippen molar-refractivity contribution in [2.75, 3.05) is 26.2 Å². The number of nitrogens with zero attached hydrogens (tertiary/aromatic N) is 4. The molecule has 1 atom stereocenters. The number of hydrogen-bond donors (Lipinski definition) is 1. The highest BCUT2D eigenvalue weighted by molar-refractivity contribution is 7.08. The van der Waals surface area contributed by atoms with E-state index in [0.717, 1.165) is 16.8 Å². The molecule has 0 spiro atoms. The Kier molecular flexibility index (Phi) is 6.94. The molecule has 0 saturated carbocycles. The quantitative estimate of drug-likeness (QED) is 0.567. The molecule has 0 aliphatic carbocycles. The number of aromatic nitrogens is 3. The van der Waals surface area contributed by atoms with Gasteiger partial charge < -0.3 is 19.1 Å². The topological polar surface area (TPSA) is 105 Å². The minimum atomic E-state index is -0.341. The molecule has 33 heavy (non-hydrogen) atoms. The average Bonchev–Trinajstić information content (AvgIpc) is 3.50. The smallest absolute Gasteiger partial charge is 0.272 e. The predicted molar refractivity (Wildman–Crippen MR) is 124 cm³/mol. The number of aryl methyl sites for hydroxylation is 2. The van der Waals surface area contributed by atoms with Crippen LogP contribution in [0.4, 0.5) is 0 Å². The Labute approximate surface area is 196 Å². The minimum Gasteiger partial charge on any atom is -0.370 e. The molecule has 1 fully saturated rings. The third-order valence-electron chi connectivity index (χ3n) is 5.67. The summed E-state index contributed by atoms with van der Waals surface area (Å²) in [5.74, 6) is 0.663. The fourth-order valence-electron chi connectivity index (χ4n) is 3.93. The third-order valence-corrected chi connectivity index (χ3v) is 6.35. The maximum absolute atomic E-state index is 13.3. The Balaban J connectivity index is 1.52. The summed E-state index contributed by atoms with van der Waals surface area (Å²) in [6.07, 6.45) is -0.341. The fraction of sp³-hybridized carbons (Fsp3) is 0.478. The molecule has 1 unspecified atom stereocenters. The van der Waals surface area contributed by atoms with Gasteiger partial charge in [-0.1, -0.05) is 19.0 Å². The van der Waals surface area contributed by atoms with E-state index in [4.69, 9.17) is 9.26 Å². The number of amides is 2. The van der Waals surface area contributed by atoms with Crippen molar-refractivity contribution in [1.82, 2.24) is 25.2 Å². The molecule has 1 aliphatic rings. The number of H-pyrrole nitrogens is 1. The van der Waals surface area contributed by atoms with Gasteiger partial charge in [-0.05, 0) is 37.3 Å². The summed E-state index contributed by atoms with van der Waals surface area (Å²) in [5, 5.41) is 15.0. The summed E-state index contributed by atoms with van der Waals surface area (Å²) in [6.45, 7) is 9.50. The van der Waals surface area contributed by atoms with Gasteiger partial charge in [0.25, 0.3) is 5.91 Å². The second kappa shape index (κ2) is 9.88. The first-order valence-corrected chi connectivity index (χ1v) is 11.9. The Morgan fingerprint density at radius 1 is 1.36 bits per heavy atom. The van der Waals surface area contributed by atoms with Gasteiger partial charge in [0.2, 0.25) is 5.91 Å². The molecular weight excluding hydrogens is 442 g/mol. The highest BCUT2D eigenvalue weighted by atomic mass is 32.1. The normalized spacial score (nSPS) is 17.1. The van der Waals surface area contributed by atoms with Gasteiger partial charge in [-0.25, -0.2) is 0 Å². The van der Waals surface area contributed by atoms with Crippen molar-refractivity contribution in [3.05, 3.63) is 45.6 Å². The van der Waals surface area contributed by atoms with E-state index in [-0.39, 0.29) is 24.5 Å². The van der Waals surface area contributed by atoms with Crippen LogP contribution in [-0.2, 0) is 16.1 Å². The maximum atomic E-state index is 13.3. The van der Waals surface area contributed by atoms with Crippen molar-refractivity contribution in [2.24, 2.45) is 5.92 Å². The molecule has 1 N–H and O–H groups in total. The van der Waals surface area contributed by atoms with Gasteiger partial charge in [0, 0.05) is 36.1 Å². The van der Waals surface area contributed by atoms with Crippen LogP contribution >= 0.6 is 11.3 Å². The Hall–Kier alpha value is -2.98. The highest BCUT2D eigenvalue weighted by Gasteiger charge is 2.32. The molecule has 1 aliphatic heterocycles. The molecule has 3 aromatic rings. The SMILES string of the molecule is Cc1noc(C)c1COC1CN(CC(C)C)C(=O)CN(C(=O)c2cc(-c3ccsc3)n[nH]2)C1. The van der Waals surface area contributed by atoms with Crippen LogP contribution in [0.1, 0.15) is 41.4 Å². The van der Waals surface area contributed by atoms with E-state index in [1.54, 1.807) is 27.2 Å². The number of carbonyl (C=O) groups is 2. The number of nitrogens with one attached hydrogen (secondary N) is 1. The monoisotopic (exact) mass is 471 g/mol. The summed E-state index contributed by atoms with van der Waals surface area (Å²) < 4.78 is 11.4. The largest absolute Gasteiger partial charge is 0.370 e. The second-order valence-electron chi connectivity index (χ2n) is 8.79. The summed E-state index contributed by atoms with van der Waals surface area (Å²) in [4.78, 5) is 29.6. The lowest BCUT2D eigenvalue weighted by Gasteiger charge is -2.26. The standard InChI is InChI=1S/C23H29N5O4S/c1-14(2)8-27-9-18(31-12-19-15(3)26-32-16(19)4)10-28(11-22(27)29)23(30)21-7-20(24-25-21)17-5-6-33-13-17/h5-7,13-14,18H,8-12H2,1-4H3,(H,24,25). The first kappa shape index (κ1) is 23.2. The molecule has 0 radical (unpaired) electrons. The molecule has 10 heteroatoms. The molecular formula is C23H29N5O4S. The van der Waals surface area contributed by atoms with Crippen LogP contribution in [0.5, 0.6) is 0 Å². The van der Waals surface area contributed by atoms with E-state index in [9.17, 15) is 9.59 Å². The van der Waals surface area contributed by atoms with Crippen molar-refractivity contribution in [2.45, 2.75) is 40.4 Å². The molecule has 1 saturated heterocycles. The highest BCUT2D eigenvalue weighted by Crippen LogP contribution is 2.22. The van der Waals surface area contributed by atoms with Crippen LogP contribution in [-0.4, -0.2) is 69.3 Å². The number of aromatic amines is 1. The van der Waals surface area contributed by atoms with Crippen molar-refractivity contribution >= 4 is 23.2 Å². The second-order valence-corrected chi connectivity index (χ2v) is 9.57. The van der Waals surface area contributed by atoms with Crippen molar-refractivity contribution in [3.8, 4) is 11.3 Å². The van der Waals surface area contributed by atoms with Gasteiger partial charge in [0.05, 0.1) is 24.1 Å². The number of thiophene rings is 1. The number of carbonyl (C=O) groups excluding carboxylic acids is 2. The molecule has 4 rings (SSSR count). The molecule has 0 aromatic carbocycles. The third kappa shape index (κ3) is 5.33. The van der Waals surface area contributed by atoms with E-state index < -0.39 is 0 Å². The van der Waals surface area contributed by atoms with E-state index in [1.165, 1.54) is 0 Å². The zero-order chi connectivity index (χ0) is 23.5. The van der Waals surface area contributed by atoms with Crippen LogP contribution in [0, 0.1) is 19.8 Å². The first-order chi connectivity index (χ1) is 15.8. The average molecular weight is 472 g/mol. The van der Waals surface area contributed by atoms with Crippen LogP contribution in [0.3, 0.4) is 0 Å². The van der Waals surface area contributed by atoms with Crippen molar-refractivity contribution in [1.29, 1.82) is 0 Å². The first-order valence-electron chi connectivity index (χ1n) is 11.0. The Bertz CT molecular complexity index is 1080. The van der Waals surface area contributed by atoms with Gasteiger partial charge in [-0.2, -0.15) is 16.4 Å². The molecule has 4 heterocycles. The predicted octanol–water partition coefficient (Wildman–Crippen LogP) is 3.27. The van der Waals surface area contributed by atoms with Crippen molar-refractivity contribution < 1.29 is 18.8 Å². The van der Waals surface area contributed by atoms with Gasteiger partial charge in [-0.15, -0.1) is 0 Å². The summed E-state index contributed by atoms with van der Waals surface area (Å²) >= 11 is 1.57. The lowest BCUT2D eigenvalue weighted by atomic mass is 10.2. The molecule has 3 aromatic heterocycles. The molecule has 2 amide bonds. The van der Waals surface area contributed by atoms with E-state index in [2.05, 4.69) is 29.2 Å². The zero-order valence-electron chi connectivity index (χ0n) is 19.3. The lowest BCUT2D eigenvalue weighted by molar-refractivity contribution is -0.132. The van der Waals surface area contributed by atoms with E-state index in [1.807, 2.05) is 30.7 Å². The Morgan fingerprint density at radius 2 is 2.18 bits per heavy atom. The summed E-state index contributed by atoms with van der Waals surface area (Å²) in [6, 6.07) is 3.68. The maximum Gasteiger partial charge on any atom is 0.272 e. The van der Waals surface area contributed by atoms with E-state index >= 15 is 0 Å². The molecule has 0 bridgehead atoms. The zero-order valence-corrected chi connectivity index (χ0v) is 20.1. The number of ether oxygens (including phenoxy) is 1. The molecule has 176 valence electrons. The van der Waals surface area contributed by atoms with Crippen LogP contribution in [0.2, 0.25) is 0 Å². The van der Waals surface area contributed by atoms with Gasteiger partial charge in [0.1, 0.15) is 18.0 Å². The fourth-order valence-corrected chi connectivity index (χ4v) is 4.57.